The van der Waals surface area contributed by atoms with E-state index in [0.29, 0.717) is 34.6 Å². The molecule has 0 atom stereocenters. The minimum absolute atomic E-state index is 0.0294. The number of anilines is 2. The smallest absolute Gasteiger partial charge is 0.330 e. The molecule has 0 saturated carbocycles. The number of pyridine rings is 1. The van der Waals surface area contributed by atoms with Crippen molar-refractivity contribution in [3.05, 3.63) is 56.3 Å². The van der Waals surface area contributed by atoms with Gasteiger partial charge in [-0.15, -0.1) is 0 Å². The van der Waals surface area contributed by atoms with E-state index in [-0.39, 0.29) is 30.6 Å². The molecule has 0 radical (unpaired) electrons. The van der Waals surface area contributed by atoms with Gasteiger partial charge in [0.15, 0.2) is 12.3 Å². The molecule has 0 aliphatic rings. The molecule has 3 rings (SSSR count). The maximum absolute atomic E-state index is 13.2. The summed E-state index contributed by atoms with van der Waals surface area (Å²) in [6.07, 6.45) is 3.15. The second-order valence-corrected chi connectivity index (χ2v) is 8.54. The Hall–Kier alpha value is -3.33. The molecule has 176 valence electrons. The molecule has 0 bridgehead atoms. The topological polar surface area (TPSA) is 123 Å². The molecule has 9 nitrogen and oxygen atoms in total. The number of nitrogens with zero attached hydrogens (tertiary/aromatic N) is 3. The Kier molecular flexibility index (Phi) is 7.75. The van der Waals surface area contributed by atoms with Crippen LogP contribution in [-0.4, -0.2) is 33.6 Å². The van der Waals surface area contributed by atoms with Gasteiger partial charge in [0.1, 0.15) is 17.1 Å². The van der Waals surface area contributed by atoms with Crippen molar-refractivity contribution < 1.29 is 9.53 Å². The van der Waals surface area contributed by atoms with Gasteiger partial charge in [0.25, 0.3) is 11.5 Å². The maximum atomic E-state index is 13.2. The van der Waals surface area contributed by atoms with Crippen LogP contribution in [0.15, 0.2) is 40.1 Å². The molecule has 0 aliphatic carbocycles. The summed E-state index contributed by atoms with van der Waals surface area (Å²) in [5, 5.41) is 1.22. The van der Waals surface area contributed by atoms with E-state index in [4.69, 9.17) is 22.1 Å². The number of nitrogen functional groups attached to an aromatic ring is 1. The first kappa shape index (κ1) is 24.3. The van der Waals surface area contributed by atoms with Gasteiger partial charge in [-0.2, -0.15) is 0 Å². The number of benzene rings is 1. The van der Waals surface area contributed by atoms with Crippen LogP contribution < -0.4 is 26.6 Å². The number of fused-ring (bicyclic) bond motifs is 1. The number of halogens is 1. The number of amides is 1. The second kappa shape index (κ2) is 10.5. The Labute approximate surface area is 196 Å². The number of nitrogens with one attached hydrogen (secondary N) is 1. The molecule has 0 saturated heterocycles. The van der Waals surface area contributed by atoms with Crippen molar-refractivity contribution >= 4 is 39.9 Å². The molecule has 2 heterocycles. The third-order valence-electron chi connectivity index (χ3n) is 5.10. The maximum Gasteiger partial charge on any atom is 0.330 e. The fourth-order valence-corrected chi connectivity index (χ4v) is 3.72. The van der Waals surface area contributed by atoms with Crippen LogP contribution in [-0.2, 0) is 11.3 Å². The van der Waals surface area contributed by atoms with E-state index in [0.717, 1.165) is 6.42 Å². The normalized spacial score (nSPS) is 11.2. The number of carbonyl (C=O) groups excluding carboxylic acids is 1. The highest BCUT2D eigenvalue weighted by molar-refractivity contribution is 6.35. The number of hydrogen-bond donors (Lipinski definition) is 2. The van der Waals surface area contributed by atoms with E-state index in [2.05, 4.69) is 9.97 Å². The summed E-state index contributed by atoms with van der Waals surface area (Å²) >= 11 is 6.23. The van der Waals surface area contributed by atoms with Crippen LogP contribution in [0.4, 0.5) is 11.5 Å². The quantitative estimate of drug-likeness (QED) is 0.492. The average molecular weight is 474 g/mol. The molecule has 2 aromatic heterocycles. The van der Waals surface area contributed by atoms with Crippen molar-refractivity contribution in [2.75, 3.05) is 23.8 Å². The van der Waals surface area contributed by atoms with E-state index in [1.54, 1.807) is 24.4 Å². The van der Waals surface area contributed by atoms with E-state index in [1.807, 2.05) is 26.8 Å². The SMILES string of the molecule is CCCCn1c(N)c(N(CC(C)C)C(=O)COc2ccc(Cl)c3cccnc23)c(=O)[nH]c1=O. The zero-order chi connectivity index (χ0) is 24.1. The van der Waals surface area contributed by atoms with Crippen LogP contribution in [0.1, 0.15) is 33.6 Å². The summed E-state index contributed by atoms with van der Waals surface area (Å²) < 4.78 is 7.07. The molecular weight excluding hydrogens is 446 g/mol. The third-order valence-corrected chi connectivity index (χ3v) is 5.43. The number of ether oxygens (including phenoxy) is 1. The lowest BCUT2D eigenvalue weighted by molar-refractivity contribution is -0.120. The zero-order valence-electron chi connectivity index (χ0n) is 18.9. The van der Waals surface area contributed by atoms with E-state index in [1.165, 1.54) is 9.47 Å². The number of aromatic amines is 1. The average Bonchev–Trinajstić information content (AvgIpc) is 2.77. The van der Waals surface area contributed by atoms with Gasteiger partial charge in [0.2, 0.25) is 0 Å². The van der Waals surface area contributed by atoms with Crippen LogP contribution in [0.25, 0.3) is 10.9 Å². The lowest BCUT2D eigenvalue weighted by Crippen LogP contribution is -2.44. The summed E-state index contributed by atoms with van der Waals surface area (Å²) in [6, 6.07) is 6.88. The van der Waals surface area contributed by atoms with Gasteiger partial charge in [0, 0.05) is 24.7 Å². The highest BCUT2D eigenvalue weighted by Gasteiger charge is 2.25. The molecule has 0 aliphatic heterocycles. The first-order chi connectivity index (χ1) is 15.7. The van der Waals surface area contributed by atoms with Crippen molar-refractivity contribution in [2.45, 2.75) is 40.2 Å². The molecule has 1 amide bonds. The molecule has 3 N–H and O–H groups in total. The summed E-state index contributed by atoms with van der Waals surface area (Å²) in [7, 11) is 0. The summed E-state index contributed by atoms with van der Waals surface area (Å²) in [5.74, 6) is -0.0881. The third kappa shape index (κ3) is 5.36. The van der Waals surface area contributed by atoms with Gasteiger partial charge < -0.3 is 15.4 Å². The van der Waals surface area contributed by atoms with Crippen molar-refractivity contribution in [1.82, 2.24) is 14.5 Å². The highest BCUT2D eigenvalue weighted by atomic mass is 35.5. The molecule has 10 heteroatoms. The van der Waals surface area contributed by atoms with Crippen molar-refractivity contribution in [2.24, 2.45) is 5.92 Å². The minimum atomic E-state index is -0.710. The molecular formula is C23H28ClN5O4. The molecule has 3 aromatic rings. The number of nitrogens with two attached hydrogens (primary N) is 1. The minimum Gasteiger partial charge on any atom is -0.481 e. The second-order valence-electron chi connectivity index (χ2n) is 8.13. The monoisotopic (exact) mass is 473 g/mol. The van der Waals surface area contributed by atoms with Gasteiger partial charge in [-0.1, -0.05) is 38.8 Å². The standard InChI is InChI=1S/C23H28ClN5O4/c1-4-5-11-28-21(25)20(22(31)27-23(28)32)29(12-14(2)3)18(30)13-33-17-9-8-16(24)15-7-6-10-26-19(15)17/h6-10,14H,4-5,11-13,25H2,1-3H3,(H,27,31,32). The Balaban J connectivity index is 1.95. The van der Waals surface area contributed by atoms with Crippen LogP contribution >= 0.6 is 11.6 Å². The number of rotatable bonds is 9. The number of H-pyrrole nitrogens is 1. The fraction of sp³-hybridized carbons (Fsp3) is 0.391. The first-order valence-corrected chi connectivity index (χ1v) is 11.2. The predicted octanol–water partition coefficient (Wildman–Crippen LogP) is 3.19. The summed E-state index contributed by atoms with van der Waals surface area (Å²) in [5.41, 5.74) is 5.39. The van der Waals surface area contributed by atoms with Crippen LogP contribution in [0.2, 0.25) is 5.02 Å². The van der Waals surface area contributed by atoms with Crippen molar-refractivity contribution in [1.29, 1.82) is 0 Å². The number of aromatic nitrogens is 3. The van der Waals surface area contributed by atoms with E-state index >= 15 is 0 Å². The Morgan fingerprint density at radius 1 is 1.30 bits per heavy atom. The lowest BCUT2D eigenvalue weighted by Gasteiger charge is -2.26. The molecule has 0 spiro atoms. The Bertz CT molecular complexity index is 1270. The van der Waals surface area contributed by atoms with Crippen molar-refractivity contribution in [3.63, 3.8) is 0 Å². The zero-order valence-corrected chi connectivity index (χ0v) is 19.7. The van der Waals surface area contributed by atoms with Gasteiger partial charge in [-0.3, -0.25) is 24.1 Å². The van der Waals surface area contributed by atoms with Gasteiger partial charge in [-0.05, 0) is 36.6 Å². The highest BCUT2D eigenvalue weighted by Crippen LogP contribution is 2.29. The molecule has 0 unspecified atom stereocenters. The van der Waals surface area contributed by atoms with Gasteiger partial charge >= 0.3 is 5.69 Å². The van der Waals surface area contributed by atoms with Gasteiger partial charge in [0.05, 0.1) is 5.02 Å². The van der Waals surface area contributed by atoms with Crippen LogP contribution in [0, 0.1) is 5.92 Å². The summed E-state index contributed by atoms with van der Waals surface area (Å²) in [4.78, 5) is 46.1. The van der Waals surface area contributed by atoms with Gasteiger partial charge in [-0.25, -0.2) is 4.79 Å². The molecule has 0 fully saturated rings. The Morgan fingerprint density at radius 2 is 2.06 bits per heavy atom. The first-order valence-electron chi connectivity index (χ1n) is 10.8. The fourth-order valence-electron chi connectivity index (χ4n) is 3.51. The lowest BCUT2D eigenvalue weighted by atomic mass is 10.2. The Morgan fingerprint density at radius 3 is 2.76 bits per heavy atom. The van der Waals surface area contributed by atoms with Crippen LogP contribution in [0.5, 0.6) is 5.75 Å². The summed E-state index contributed by atoms with van der Waals surface area (Å²) in [6.45, 7) is 6.02. The predicted molar refractivity (Wildman–Crippen MR) is 130 cm³/mol. The van der Waals surface area contributed by atoms with Crippen molar-refractivity contribution in [3.8, 4) is 5.75 Å². The molecule has 1 aromatic carbocycles. The number of carbonyl (C=O) groups is 1. The number of unbranched alkanes of at least 4 members (excludes halogenated alkanes) is 1. The van der Waals surface area contributed by atoms with E-state index in [9.17, 15) is 14.4 Å². The van der Waals surface area contributed by atoms with Crippen LogP contribution in [0.3, 0.4) is 0 Å². The number of hydrogen-bond acceptors (Lipinski definition) is 6. The largest absolute Gasteiger partial charge is 0.481 e. The molecule has 33 heavy (non-hydrogen) atoms. The van der Waals surface area contributed by atoms with E-state index < -0.39 is 17.2 Å².